The predicted octanol–water partition coefficient (Wildman–Crippen LogP) is 7.23. The molecule has 0 saturated heterocycles. The Hall–Kier alpha value is -4.45. The van der Waals surface area contributed by atoms with Gasteiger partial charge in [0.2, 0.25) is 17.7 Å². The first-order valence-corrected chi connectivity index (χ1v) is 12.0. The Bertz CT molecular complexity index is 1480. The topological polar surface area (TPSA) is 70.3 Å². The smallest absolute Gasteiger partial charge is 0.227 e. The van der Waals surface area contributed by atoms with Crippen LogP contribution in [0.4, 0.5) is 0 Å². The van der Waals surface area contributed by atoms with E-state index in [4.69, 9.17) is 13.9 Å². The van der Waals surface area contributed by atoms with Gasteiger partial charge in [0.25, 0.3) is 0 Å². The molecule has 0 saturated carbocycles. The van der Waals surface area contributed by atoms with Gasteiger partial charge in [0.1, 0.15) is 5.52 Å². The minimum absolute atomic E-state index is 0.506. The van der Waals surface area contributed by atoms with E-state index in [1.807, 2.05) is 68.4 Å². The first-order chi connectivity index (χ1) is 17.6. The molecule has 0 bridgehead atoms. The molecule has 0 radical (unpaired) electrons. The van der Waals surface area contributed by atoms with Crippen molar-refractivity contribution in [2.75, 3.05) is 13.2 Å². The first-order valence-electron chi connectivity index (χ1n) is 12.0. The average Bonchev–Trinajstić information content (AvgIpc) is 3.32. The van der Waals surface area contributed by atoms with Crippen molar-refractivity contribution < 1.29 is 13.9 Å². The van der Waals surface area contributed by atoms with Crippen LogP contribution in [0.2, 0.25) is 0 Å². The molecule has 5 aromatic rings. The van der Waals surface area contributed by atoms with E-state index in [2.05, 4.69) is 46.2 Å². The summed E-state index contributed by atoms with van der Waals surface area (Å²) in [6.45, 7) is 6.96. The van der Waals surface area contributed by atoms with Gasteiger partial charge in [-0.15, -0.1) is 0 Å². The Labute approximate surface area is 210 Å². The van der Waals surface area contributed by atoms with E-state index in [-0.39, 0.29) is 0 Å². The Morgan fingerprint density at radius 1 is 0.694 bits per heavy atom. The summed E-state index contributed by atoms with van der Waals surface area (Å²) in [5.41, 5.74) is 6.84. The van der Waals surface area contributed by atoms with E-state index < -0.39 is 0 Å². The summed E-state index contributed by atoms with van der Waals surface area (Å²) in [4.78, 5) is 13.6. The zero-order valence-corrected chi connectivity index (χ0v) is 20.6. The lowest BCUT2D eigenvalue weighted by molar-refractivity contribution is 0.306. The lowest BCUT2D eigenvalue weighted by atomic mass is 10.1. The Balaban J connectivity index is 1.30. The summed E-state index contributed by atoms with van der Waals surface area (Å²) < 4.78 is 17.1. The molecule has 0 unspecified atom stereocenters. The van der Waals surface area contributed by atoms with Gasteiger partial charge in [-0.3, -0.25) is 0 Å². The summed E-state index contributed by atoms with van der Waals surface area (Å²) in [5, 5.41) is 0. The number of benzene rings is 3. The fourth-order valence-electron chi connectivity index (χ4n) is 3.81. The fourth-order valence-corrected chi connectivity index (χ4v) is 3.81. The second-order valence-corrected chi connectivity index (χ2v) is 8.30. The van der Waals surface area contributed by atoms with E-state index in [9.17, 15) is 0 Å². The van der Waals surface area contributed by atoms with Crippen LogP contribution in [0.5, 0.6) is 11.8 Å². The molecule has 0 N–H and O–H groups in total. The molecule has 0 aliphatic heterocycles. The third kappa shape index (κ3) is 5.28. The van der Waals surface area contributed by atoms with Crippen molar-refractivity contribution in [1.29, 1.82) is 0 Å². The molecule has 0 atom stereocenters. The zero-order valence-electron chi connectivity index (χ0n) is 20.6. The third-order valence-corrected chi connectivity index (χ3v) is 5.60. The molecular weight excluding hydrogens is 450 g/mol. The minimum atomic E-state index is 0.506. The van der Waals surface area contributed by atoms with Gasteiger partial charge >= 0.3 is 0 Å². The minimum Gasteiger partial charge on any atom is -0.478 e. The van der Waals surface area contributed by atoms with Gasteiger partial charge in [0, 0.05) is 11.1 Å². The standard InChI is InChI=1S/C30H27N3O3/c1-4-34-27-19-28(35-5-2)33-29(32-27)23-13-9-21(10-14-23)7-8-22-11-15-24(16-12-22)30-31-25-18-20(3)6-17-26(25)36-30/h6-19H,4-5H2,1-3H3. The summed E-state index contributed by atoms with van der Waals surface area (Å²) in [6.07, 6.45) is 4.15. The summed E-state index contributed by atoms with van der Waals surface area (Å²) in [5.74, 6) is 2.22. The lowest BCUT2D eigenvalue weighted by Gasteiger charge is -2.09. The number of hydrogen-bond donors (Lipinski definition) is 0. The number of ether oxygens (including phenoxy) is 2. The van der Waals surface area contributed by atoms with E-state index >= 15 is 0 Å². The Morgan fingerprint density at radius 3 is 1.86 bits per heavy atom. The van der Waals surface area contributed by atoms with Crippen LogP contribution in [-0.4, -0.2) is 28.2 Å². The quantitative estimate of drug-likeness (QED) is 0.220. The fraction of sp³-hybridized carbons (Fsp3) is 0.167. The molecule has 0 aliphatic rings. The summed E-state index contributed by atoms with van der Waals surface area (Å²) in [6, 6.07) is 24.0. The molecule has 0 fully saturated rings. The van der Waals surface area contributed by atoms with Gasteiger partial charge in [0.05, 0.1) is 19.3 Å². The maximum Gasteiger partial charge on any atom is 0.227 e. The number of nitrogens with zero attached hydrogens (tertiary/aromatic N) is 3. The number of fused-ring (bicyclic) bond motifs is 1. The highest BCUT2D eigenvalue weighted by atomic mass is 16.5. The SMILES string of the molecule is CCOc1cc(OCC)nc(-c2ccc(C=Cc3ccc(-c4nc5cc(C)ccc5o4)cc3)cc2)n1. The molecule has 0 spiro atoms. The molecule has 2 heterocycles. The monoisotopic (exact) mass is 477 g/mol. The van der Waals surface area contributed by atoms with Crippen LogP contribution in [0.15, 0.2) is 77.2 Å². The first kappa shape index (κ1) is 23.3. The van der Waals surface area contributed by atoms with Crippen LogP contribution in [-0.2, 0) is 0 Å². The van der Waals surface area contributed by atoms with Gasteiger partial charge in [-0.25, -0.2) is 4.98 Å². The molecule has 180 valence electrons. The normalized spacial score (nSPS) is 11.3. The number of aryl methyl sites for hydroxylation is 1. The molecule has 3 aromatic carbocycles. The molecular formula is C30H27N3O3. The number of aromatic nitrogens is 3. The van der Waals surface area contributed by atoms with Crippen molar-refractivity contribution in [1.82, 2.24) is 15.0 Å². The van der Waals surface area contributed by atoms with Crippen molar-refractivity contribution in [3.63, 3.8) is 0 Å². The van der Waals surface area contributed by atoms with Crippen LogP contribution < -0.4 is 9.47 Å². The van der Waals surface area contributed by atoms with Crippen LogP contribution in [0.25, 0.3) is 46.1 Å². The van der Waals surface area contributed by atoms with E-state index in [0.29, 0.717) is 36.7 Å². The molecule has 36 heavy (non-hydrogen) atoms. The number of hydrogen-bond acceptors (Lipinski definition) is 6. The van der Waals surface area contributed by atoms with Crippen molar-refractivity contribution in [2.24, 2.45) is 0 Å². The van der Waals surface area contributed by atoms with E-state index in [0.717, 1.165) is 38.9 Å². The number of rotatable bonds is 8. The Morgan fingerprint density at radius 2 is 1.28 bits per heavy atom. The summed E-state index contributed by atoms with van der Waals surface area (Å²) >= 11 is 0. The van der Waals surface area contributed by atoms with Crippen LogP contribution >= 0.6 is 0 Å². The highest BCUT2D eigenvalue weighted by Crippen LogP contribution is 2.26. The van der Waals surface area contributed by atoms with Crippen molar-refractivity contribution >= 4 is 23.3 Å². The van der Waals surface area contributed by atoms with Crippen molar-refractivity contribution in [3.05, 3.63) is 89.5 Å². The van der Waals surface area contributed by atoms with Crippen molar-refractivity contribution in [3.8, 4) is 34.6 Å². The van der Waals surface area contributed by atoms with Gasteiger partial charge in [-0.2, -0.15) is 9.97 Å². The lowest BCUT2D eigenvalue weighted by Crippen LogP contribution is -2.01. The molecule has 5 rings (SSSR count). The Kier molecular flexibility index (Phi) is 6.76. The second-order valence-electron chi connectivity index (χ2n) is 8.30. The average molecular weight is 478 g/mol. The molecule has 2 aromatic heterocycles. The largest absolute Gasteiger partial charge is 0.478 e. The van der Waals surface area contributed by atoms with Gasteiger partial charge in [-0.05, 0) is 61.7 Å². The van der Waals surface area contributed by atoms with Crippen molar-refractivity contribution in [2.45, 2.75) is 20.8 Å². The van der Waals surface area contributed by atoms with Gasteiger partial charge in [-0.1, -0.05) is 54.6 Å². The maximum absolute atomic E-state index is 5.91. The van der Waals surface area contributed by atoms with Crippen LogP contribution in [0, 0.1) is 6.92 Å². The zero-order chi connectivity index (χ0) is 24.9. The van der Waals surface area contributed by atoms with E-state index in [1.54, 1.807) is 6.07 Å². The van der Waals surface area contributed by atoms with Crippen LogP contribution in [0.1, 0.15) is 30.5 Å². The highest BCUT2D eigenvalue weighted by molar-refractivity contribution is 5.77. The number of oxazole rings is 1. The molecule has 0 amide bonds. The van der Waals surface area contributed by atoms with Crippen LogP contribution in [0.3, 0.4) is 0 Å². The van der Waals surface area contributed by atoms with Gasteiger partial charge in [0.15, 0.2) is 11.4 Å². The molecule has 6 heteroatoms. The third-order valence-electron chi connectivity index (χ3n) is 5.60. The maximum atomic E-state index is 5.91. The highest BCUT2D eigenvalue weighted by Gasteiger charge is 2.09. The second kappa shape index (κ2) is 10.4. The predicted molar refractivity (Wildman–Crippen MR) is 143 cm³/mol. The summed E-state index contributed by atoms with van der Waals surface area (Å²) in [7, 11) is 0. The molecule has 0 aliphatic carbocycles. The molecule has 6 nitrogen and oxygen atoms in total. The van der Waals surface area contributed by atoms with Gasteiger partial charge < -0.3 is 13.9 Å². The van der Waals surface area contributed by atoms with E-state index in [1.165, 1.54) is 0 Å².